The van der Waals surface area contributed by atoms with Crippen LogP contribution in [0.4, 0.5) is 0 Å². The summed E-state index contributed by atoms with van der Waals surface area (Å²) in [6, 6.07) is 8.09. The van der Waals surface area contributed by atoms with Crippen LogP contribution in [0, 0.1) is 18.6 Å². The van der Waals surface area contributed by atoms with Gasteiger partial charge in [-0.05, 0) is 32.0 Å². The van der Waals surface area contributed by atoms with Crippen molar-refractivity contribution in [3.63, 3.8) is 0 Å². The van der Waals surface area contributed by atoms with Crippen molar-refractivity contribution in [2.45, 2.75) is 70.9 Å². The largest absolute Gasteiger partial charge is 0.343 e. The van der Waals surface area contributed by atoms with Gasteiger partial charge in [0.05, 0.1) is 0 Å². The molecule has 31 heavy (non-hydrogen) atoms. The molecule has 2 N–H and O–H groups in total. The van der Waals surface area contributed by atoms with E-state index in [9.17, 15) is 4.79 Å². The van der Waals surface area contributed by atoms with Gasteiger partial charge in [-0.15, -0.1) is 0 Å². The summed E-state index contributed by atoms with van der Waals surface area (Å²) in [6.07, 6.45) is 6.27. The zero-order chi connectivity index (χ0) is 21.8. The van der Waals surface area contributed by atoms with E-state index < -0.39 is 5.54 Å². The summed E-state index contributed by atoms with van der Waals surface area (Å²) >= 11 is 5.41. The summed E-state index contributed by atoms with van der Waals surface area (Å²) in [5, 5.41) is 14.6. The lowest BCUT2D eigenvalue weighted by atomic mass is 9.89. The second-order valence-corrected chi connectivity index (χ2v) is 8.69. The minimum absolute atomic E-state index is 0.0534. The Balaban J connectivity index is 1.50. The second kappa shape index (κ2) is 9.13. The monoisotopic (exact) mass is 440 g/mol. The molecule has 1 amide bonds. The first-order valence-corrected chi connectivity index (χ1v) is 11.2. The number of aryl methyl sites for hydroxylation is 2. The first kappa shape index (κ1) is 21.4. The van der Waals surface area contributed by atoms with Crippen LogP contribution in [0.25, 0.3) is 11.4 Å². The van der Waals surface area contributed by atoms with Gasteiger partial charge in [0.25, 0.3) is 0 Å². The van der Waals surface area contributed by atoms with Gasteiger partial charge >= 0.3 is 0 Å². The highest BCUT2D eigenvalue weighted by Gasteiger charge is 2.38. The SMILES string of the molecule is Cc1ccc(-c2n[nH]c(=S)n2CCC(=O)NC2(c3noc(C)n3)CCCCCC2)cc1. The average molecular weight is 441 g/mol. The van der Waals surface area contributed by atoms with Crippen LogP contribution >= 0.6 is 12.2 Å². The molecule has 0 saturated heterocycles. The average Bonchev–Trinajstić information content (AvgIpc) is 3.27. The van der Waals surface area contributed by atoms with Crippen molar-refractivity contribution < 1.29 is 9.32 Å². The van der Waals surface area contributed by atoms with Gasteiger partial charge in [0.15, 0.2) is 16.4 Å². The number of benzene rings is 1. The molecule has 164 valence electrons. The molecule has 1 aliphatic carbocycles. The molecular formula is C22H28N6O2S. The fourth-order valence-electron chi connectivity index (χ4n) is 4.22. The van der Waals surface area contributed by atoms with Gasteiger partial charge in [0, 0.05) is 25.5 Å². The Morgan fingerprint density at radius 3 is 2.55 bits per heavy atom. The summed E-state index contributed by atoms with van der Waals surface area (Å²) in [5.41, 5.74) is 1.57. The van der Waals surface area contributed by atoms with Gasteiger partial charge in [-0.25, -0.2) is 0 Å². The molecule has 1 saturated carbocycles. The third kappa shape index (κ3) is 4.76. The molecule has 0 spiro atoms. The molecule has 2 heterocycles. The third-order valence-corrected chi connectivity index (χ3v) is 6.23. The highest BCUT2D eigenvalue weighted by atomic mass is 32.1. The fourth-order valence-corrected chi connectivity index (χ4v) is 4.44. The van der Waals surface area contributed by atoms with E-state index in [-0.39, 0.29) is 12.3 Å². The quantitative estimate of drug-likeness (QED) is 0.436. The van der Waals surface area contributed by atoms with Crippen LogP contribution in [-0.2, 0) is 16.9 Å². The number of aromatic amines is 1. The lowest BCUT2D eigenvalue weighted by molar-refractivity contribution is -0.123. The number of nitrogens with one attached hydrogen (secondary N) is 2. The van der Waals surface area contributed by atoms with Crippen LogP contribution in [0.2, 0.25) is 0 Å². The number of nitrogens with zero attached hydrogens (tertiary/aromatic N) is 4. The van der Waals surface area contributed by atoms with Gasteiger partial charge in [0.2, 0.25) is 11.8 Å². The molecule has 0 atom stereocenters. The molecule has 1 aromatic carbocycles. The Kier molecular flexibility index (Phi) is 6.31. The number of carbonyl (C=O) groups excluding carboxylic acids is 1. The molecule has 0 bridgehead atoms. The zero-order valence-corrected chi connectivity index (χ0v) is 18.8. The number of hydrogen-bond donors (Lipinski definition) is 2. The Morgan fingerprint density at radius 1 is 1.19 bits per heavy atom. The van der Waals surface area contributed by atoms with E-state index in [1.807, 2.05) is 35.8 Å². The molecule has 2 aromatic heterocycles. The number of rotatable bonds is 6. The van der Waals surface area contributed by atoms with E-state index in [1.54, 1.807) is 6.92 Å². The van der Waals surface area contributed by atoms with Gasteiger partial charge < -0.3 is 9.84 Å². The third-order valence-electron chi connectivity index (χ3n) is 5.92. The summed E-state index contributed by atoms with van der Waals surface area (Å²) < 4.78 is 7.60. The molecule has 3 aromatic rings. The predicted octanol–water partition coefficient (Wildman–Crippen LogP) is 4.36. The van der Waals surface area contributed by atoms with Crippen LogP contribution in [0.3, 0.4) is 0 Å². The fraction of sp³-hybridized carbons (Fsp3) is 0.500. The maximum atomic E-state index is 13.0. The predicted molar refractivity (Wildman–Crippen MR) is 119 cm³/mol. The van der Waals surface area contributed by atoms with E-state index in [0.29, 0.717) is 23.0 Å². The minimum atomic E-state index is -0.566. The molecule has 1 aliphatic rings. The van der Waals surface area contributed by atoms with Crippen molar-refractivity contribution in [1.29, 1.82) is 0 Å². The molecule has 4 rings (SSSR count). The summed E-state index contributed by atoms with van der Waals surface area (Å²) in [6.45, 7) is 4.25. The van der Waals surface area contributed by atoms with E-state index >= 15 is 0 Å². The van der Waals surface area contributed by atoms with E-state index in [1.165, 1.54) is 5.56 Å². The standard InChI is InChI=1S/C22H28N6O2S/c1-15-7-9-17(10-8-15)19-25-26-21(31)28(19)14-11-18(29)24-22(12-5-3-4-6-13-22)20-23-16(2)30-27-20/h7-10H,3-6,11-14H2,1-2H3,(H,24,29)(H,26,31). The molecular weight excluding hydrogens is 412 g/mol. The van der Waals surface area contributed by atoms with E-state index in [2.05, 4.69) is 25.7 Å². The number of H-pyrrole nitrogens is 1. The maximum absolute atomic E-state index is 13.0. The van der Waals surface area contributed by atoms with Crippen molar-refractivity contribution in [1.82, 2.24) is 30.2 Å². The van der Waals surface area contributed by atoms with Crippen LogP contribution in [-0.4, -0.2) is 30.8 Å². The van der Waals surface area contributed by atoms with Crippen LogP contribution < -0.4 is 5.32 Å². The summed E-state index contributed by atoms with van der Waals surface area (Å²) in [4.78, 5) is 17.5. The topological polar surface area (TPSA) is 102 Å². The van der Waals surface area contributed by atoms with Crippen molar-refractivity contribution in [3.8, 4) is 11.4 Å². The van der Waals surface area contributed by atoms with Gasteiger partial charge in [-0.2, -0.15) is 10.1 Å². The zero-order valence-electron chi connectivity index (χ0n) is 18.0. The Morgan fingerprint density at radius 2 is 1.90 bits per heavy atom. The highest BCUT2D eigenvalue weighted by molar-refractivity contribution is 7.71. The molecule has 9 heteroatoms. The van der Waals surface area contributed by atoms with Gasteiger partial charge in [-0.3, -0.25) is 14.5 Å². The minimum Gasteiger partial charge on any atom is -0.343 e. The van der Waals surface area contributed by atoms with Crippen molar-refractivity contribution in [2.24, 2.45) is 0 Å². The number of carbonyl (C=O) groups is 1. The first-order chi connectivity index (χ1) is 15.0. The van der Waals surface area contributed by atoms with Gasteiger partial charge in [0.1, 0.15) is 5.54 Å². The van der Waals surface area contributed by atoms with Crippen molar-refractivity contribution >= 4 is 18.1 Å². The van der Waals surface area contributed by atoms with E-state index in [4.69, 9.17) is 16.7 Å². The highest BCUT2D eigenvalue weighted by Crippen LogP contribution is 2.34. The number of amides is 1. The van der Waals surface area contributed by atoms with Crippen LogP contribution in [0.1, 0.15) is 62.2 Å². The van der Waals surface area contributed by atoms with Gasteiger partial charge in [-0.1, -0.05) is 60.7 Å². The Bertz CT molecular complexity index is 1090. The normalized spacial score (nSPS) is 16.1. The maximum Gasteiger partial charge on any atom is 0.223 e. The second-order valence-electron chi connectivity index (χ2n) is 8.30. The number of hydrogen-bond acceptors (Lipinski definition) is 6. The Hall–Kier alpha value is -2.81. The van der Waals surface area contributed by atoms with Crippen LogP contribution in [0.15, 0.2) is 28.8 Å². The molecule has 8 nitrogen and oxygen atoms in total. The van der Waals surface area contributed by atoms with Crippen molar-refractivity contribution in [2.75, 3.05) is 0 Å². The lowest BCUT2D eigenvalue weighted by Gasteiger charge is -2.30. The first-order valence-electron chi connectivity index (χ1n) is 10.8. The Labute approximate surface area is 186 Å². The lowest BCUT2D eigenvalue weighted by Crippen LogP contribution is -2.46. The summed E-state index contributed by atoms with van der Waals surface area (Å²) in [5.74, 6) is 1.78. The smallest absolute Gasteiger partial charge is 0.223 e. The van der Waals surface area contributed by atoms with E-state index in [0.717, 1.165) is 49.9 Å². The van der Waals surface area contributed by atoms with Crippen LogP contribution in [0.5, 0.6) is 0 Å². The molecule has 1 fully saturated rings. The summed E-state index contributed by atoms with van der Waals surface area (Å²) in [7, 11) is 0. The molecule has 0 radical (unpaired) electrons. The molecule has 0 unspecified atom stereocenters. The number of aromatic nitrogens is 5. The van der Waals surface area contributed by atoms with Crippen molar-refractivity contribution in [3.05, 3.63) is 46.3 Å². The molecule has 0 aliphatic heterocycles.